The lowest BCUT2D eigenvalue weighted by Gasteiger charge is -2.24. The van der Waals surface area contributed by atoms with E-state index >= 15 is 0 Å². The van der Waals surface area contributed by atoms with Crippen LogP contribution in [0.5, 0.6) is 0 Å². The second kappa shape index (κ2) is 4.96. The summed E-state index contributed by atoms with van der Waals surface area (Å²) in [5.41, 5.74) is 7.11. The van der Waals surface area contributed by atoms with E-state index in [4.69, 9.17) is 5.73 Å². The average Bonchev–Trinajstić information content (AvgIpc) is 2.68. The number of nitrogens with zero attached hydrogens (tertiary/aromatic N) is 2. The molecule has 1 atom stereocenters. The quantitative estimate of drug-likeness (QED) is 0.896. The fourth-order valence-corrected chi connectivity index (χ4v) is 2.71. The van der Waals surface area contributed by atoms with Gasteiger partial charge in [0, 0.05) is 6.04 Å². The van der Waals surface area contributed by atoms with E-state index in [0.717, 1.165) is 18.4 Å². The summed E-state index contributed by atoms with van der Waals surface area (Å²) >= 11 is 0. The number of anilines is 1. The van der Waals surface area contributed by atoms with Crippen LogP contribution in [0.1, 0.15) is 39.7 Å². The number of para-hydroxylation sites is 1. The highest BCUT2D eigenvalue weighted by atomic mass is 19.1. The van der Waals surface area contributed by atoms with Gasteiger partial charge in [-0.05, 0) is 25.0 Å². The van der Waals surface area contributed by atoms with Crippen molar-refractivity contribution < 1.29 is 4.39 Å². The van der Waals surface area contributed by atoms with Crippen molar-refractivity contribution in [2.75, 3.05) is 5.73 Å². The molecule has 4 heteroatoms. The van der Waals surface area contributed by atoms with Crippen LogP contribution < -0.4 is 5.73 Å². The normalized spacial score (nSPS) is 13.4. The maximum Gasteiger partial charge on any atom is 0.201 e. The highest BCUT2D eigenvalue weighted by molar-refractivity contribution is 5.79. The van der Waals surface area contributed by atoms with Crippen LogP contribution in [-0.4, -0.2) is 9.55 Å². The Labute approximate surface area is 107 Å². The fourth-order valence-electron chi connectivity index (χ4n) is 2.71. The van der Waals surface area contributed by atoms with Crippen LogP contribution in [0.25, 0.3) is 11.0 Å². The van der Waals surface area contributed by atoms with E-state index in [-0.39, 0.29) is 11.9 Å². The molecule has 1 aromatic carbocycles. The van der Waals surface area contributed by atoms with Gasteiger partial charge in [-0.1, -0.05) is 32.8 Å². The van der Waals surface area contributed by atoms with Gasteiger partial charge in [-0.15, -0.1) is 0 Å². The minimum Gasteiger partial charge on any atom is -0.369 e. The minimum absolute atomic E-state index is 0.229. The number of hydrogen-bond donors (Lipinski definition) is 1. The molecule has 0 saturated carbocycles. The molecule has 1 unspecified atom stereocenters. The van der Waals surface area contributed by atoms with Crippen molar-refractivity contribution in [3.8, 4) is 0 Å². The molecule has 98 valence electrons. The van der Waals surface area contributed by atoms with Gasteiger partial charge in [-0.2, -0.15) is 0 Å². The predicted octanol–water partition coefficient (Wildman–Crippen LogP) is 3.75. The van der Waals surface area contributed by atoms with E-state index in [1.807, 2.05) is 10.6 Å². The van der Waals surface area contributed by atoms with Crippen LogP contribution in [0, 0.1) is 11.7 Å². The zero-order chi connectivity index (χ0) is 13.3. The monoisotopic (exact) mass is 249 g/mol. The van der Waals surface area contributed by atoms with Crippen LogP contribution in [-0.2, 0) is 0 Å². The van der Waals surface area contributed by atoms with Gasteiger partial charge in [0.25, 0.3) is 0 Å². The molecule has 2 aromatic rings. The molecule has 0 spiro atoms. The van der Waals surface area contributed by atoms with Crippen molar-refractivity contribution in [3.05, 3.63) is 24.0 Å². The summed E-state index contributed by atoms with van der Waals surface area (Å²) in [5.74, 6) is 0.608. The largest absolute Gasteiger partial charge is 0.369 e. The van der Waals surface area contributed by atoms with Gasteiger partial charge in [0.05, 0.1) is 5.52 Å². The van der Waals surface area contributed by atoms with Crippen LogP contribution in [0.3, 0.4) is 0 Å². The van der Waals surface area contributed by atoms with Gasteiger partial charge in [0.1, 0.15) is 5.52 Å². The number of hydrogen-bond acceptors (Lipinski definition) is 2. The lowest BCUT2D eigenvalue weighted by Crippen LogP contribution is -2.17. The van der Waals surface area contributed by atoms with Crippen molar-refractivity contribution in [1.82, 2.24) is 9.55 Å². The zero-order valence-corrected chi connectivity index (χ0v) is 11.2. The van der Waals surface area contributed by atoms with Crippen molar-refractivity contribution in [3.63, 3.8) is 0 Å². The lowest BCUT2D eigenvalue weighted by molar-refractivity contribution is 0.342. The summed E-state index contributed by atoms with van der Waals surface area (Å²) in [6.07, 6.45) is 2.15. The standard InChI is InChI=1S/C14H20FN3/c1-4-10(5-2)9(3)18-12-8-6-7-11(15)13(12)17-14(18)16/h6-10H,4-5H2,1-3H3,(H2,16,17). The number of imidazole rings is 1. The second-order valence-corrected chi connectivity index (χ2v) is 4.76. The molecule has 18 heavy (non-hydrogen) atoms. The van der Waals surface area contributed by atoms with Crippen molar-refractivity contribution in [2.45, 2.75) is 39.7 Å². The maximum atomic E-state index is 13.7. The molecule has 0 aliphatic rings. The predicted molar refractivity (Wildman–Crippen MR) is 72.9 cm³/mol. The summed E-state index contributed by atoms with van der Waals surface area (Å²) in [7, 11) is 0. The lowest BCUT2D eigenvalue weighted by atomic mass is 9.95. The van der Waals surface area contributed by atoms with E-state index < -0.39 is 0 Å². The molecule has 0 aliphatic heterocycles. The molecule has 0 radical (unpaired) electrons. The third-order valence-corrected chi connectivity index (χ3v) is 3.84. The van der Waals surface area contributed by atoms with Gasteiger partial charge in [-0.3, -0.25) is 0 Å². The van der Waals surface area contributed by atoms with Gasteiger partial charge in [0.15, 0.2) is 5.82 Å². The van der Waals surface area contributed by atoms with E-state index in [1.165, 1.54) is 6.07 Å². The summed E-state index contributed by atoms with van der Waals surface area (Å²) in [5, 5.41) is 0. The number of nitrogens with two attached hydrogens (primary N) is 1. The highest BCUT2D eigenvalue weighted by Crippen LogP contribution is 2.31. The summed E-state index contributed by atoms with van der Waals surface area (Å²) in [6.45, 7) is 6.46. The van der Waals surface area contributed by atoms with Gasteiger partial charge in [-0.25, -0.2) is 9.37 Å². The SMILES string of the molecule is CCC(CC)C(C)n1c(N)nc2c(F)cccc21. The van der Waals surface area contributed by atoms with E-state index in [2.05, 4.69) is 25.8 Å². The van der Waals surface area contributed by atoms with Gasteiger partial charge < -0.3 is 10.3 Å². The number of rotatable bonds is 4. The van der Waals surface area contributed by atoms with Crippen LogP contribution in [0.2, 0.25) is 0 Å². The van der Waals surface area contributed by atoms with Gasteiger partial charge >= 0.3 is 0 Å². The Morgan fingerprint density at radius 2 is 2.00 bits per heavy atom. The molecule has 0 aliphatic carbocycles. The molecule has 1 heterocycles. The molecule has 1 aromatic heterocycles. The maximum absolute atomic E-state index is 13.7. The highest BCUT2D eigenvalue weighted by Gasteiger charge is 2.21. The first-order chi connectivity index (χ1) is 8.60. The first kappa shape index (κ1) is 12.9. The van der Waals surface area contributed by atoms with Crippen LogP contribution in [0.4, 0.5) is 10.3 Å². The van der Waals surface area contributed by atoms with E-state index in [9.17, 15) is 4.39 Å². The Bertz CT molecular complexity index is 543. The number of benzene rings is 1. The van der Waals surface area contributed by atoms with Crippen LogP contribution >= 0.6 is 0 Å². The molecule has 0 amide bonds. The summed E-state index contributed by atoms with van der Waals surface area (Å²) < 4.78 is 15.6. The number of aromatic nitrogens is 2. The third kappa shape index (κ3) is 1.96. The van der Waals surface area contributed by atoms with Gasteiger partial charge in [0.2, 0.25) is 5.95 Å². The molecule has 2 N–H and O–H groups in total. The average molecular weight is 249 g/mol. The smallest absolute Gasteiger partial charge is 0.201 e. The second-order valence-electron chi connectivity index (χ2n) is 4.76. The molecular weight excluding hydrogens is 229 g/mol. The number of halogens is 1. The van der Waals surface area contributed by atoms with E-state index in [0.29, 0.717) is 17.4 Å². The van der Waals surface area contributed by atoms with Crippen molar-refractivity contribution >= 4 is 17.0 Å². The van der Waals surface area contributed by atoms with Crippen LogP contribution in [0.15, 0.2) is 18.2 Å². The number of fused-ring (bicyclic) bond motifs is 1. The molecule has 0 bridgehead atoms. The topological polar surface area (TPSA) is 43.8 Å². The zero-order valence-electron chi connectivity index (χ0n) is 11.2. The van der Waals surface area contributed by atoms with Crippen molar-refractivity contribution in [1.29, 1.82) is 0 Å². The summed E-state index contributed by atoms with van der Waals surface area (Å²) in [4.78, 5) is 4.15. The molecule has 0 saturated heterocycles. The first-order valence-corrected chi connectivity index (χ1v) is 6.52. The molecular formula is C14H20FN3. The molecule has 2 rings (SSSR count). The minimum atomic E-state index is -0.310. The Morgan fingerprint density at radius 3 is 2.61 bits per heavy atom. The molecule has 0 fully saturated rings. The van der Waals surface area contributed by atoms with E-state index in [1.54, 1.807) is 6.07 Å². The Morgan fingerprint density at radius 1 is 1.33 bits per heavy atom. The fraction of sp³-hybridized carbons (Fsp3) is 0.500. The Balaban J connectivity index is 2.57. The Kier molecular flexibility index (Phi) is 3.55. The Hall–Kier alpha value is -1.58. The number of nitrogen functional groups attached to an aromatic ring is 1. The summed E-state index contributed by atoms with van der Waals surface area (Å²) in [6, 6.07) is 5.23. The van der Waals surface area contributed by atoms with Crippen molar-refractivity contribution in [2.24, 2.45) is 5.92 Å². The third-order valence-electron chi connectivity index (χ3n) is 3.84. The first-order valence-electron chi connectivity index (χ1n) is 6.52. The molecule has 3 nitrogen and oxygen atoms in total.